The molecule has 2 aliphatic rings. The number of urea groups is 1. The topological polar surface area (TPSA) is 97.0 Å². The highest BCUT2D eigenvalue weighted by atomic mass is 35.5. The van der Waals surface area contributed by atoms with E-state index in [0.717, 1.165) is 12.1 Å². The van der Waals surface area contributed by atoms with Crippen molar-refractivity contribution in [1.82, 2.24) is 10.2 Å². The van der Waals surface area contributed by atoms with Crippen molar-refractivity contribution >= 4 is 35.1 Å². The Balaban J connectivity index is 1.50. The predicted octanol–water partition coefficient (Wildman–Crippen LogP) is 3.19. The van der Waals surface area contributed by atoms with Crippen LogP contribution in [0.3, 0.4) is 0 Å². The third-order valence-electron chi connectivity index (χ3n) is 5.18. The molecule has 2 aromatic rings. The molecule has 11 heteroatoms. The molecular weight excluding hydrogens is 448 g/mol. The van der Waals surface area contributed by atoms with Gasteiger partial charge in [-0.25, -0.2) is 13.6 Å². The molecule has 0 spiro atoms. The molecule has 0 bridgehead atoms. The number of imide groups is 1. The average molecular weight is 466 g/mol. The number of halogens is 3. The lowest BCUT2D eigenvalue weighted by atomic mass is 9.92. The zero-order chi connectivity index (χ0) is 23.0. The molecule has 0 aliphatic carbocycles. The van der Waals surface area contributed by atoms with Gasteiger partial charge in [-0.05, 0) is 24.6 Å². The van der Waals surface area contributed by atoms with E-state index in [9.17, 15) is 23.2 Å². The average Bonchev–Trinajstić information content (AvgIpc) is 2.89. The lowest BCUT2D eigenvalue weighted by Crippen LogP contribution is -2.42. The molecule has 1 atom stereocenters. The van der Waals surface area contributed by atoms with E-state index in [0.29, 0.717) is 36.0 Å². The van der Waals surface area contributed by atoms with E-state index < -0.39 is 41.6 Å². The predicted molar refractivity (Wildman–Crippen MR) is 110 cm³/mol. The highest BCUT2D eigenvalue weighted by Gasteiger charge is 2.49. The number of nitrogens with zero attached hydrogens (tertiary/aromatic N) is 1. The minimum absolute atomic E-state index is 0.0450. The second-order valence-electron chi connectivity index (χ2n) is 7.45. The van der Waals surface area contributed by atoms with Gasteiger partial charge in [0.25, 0.3) is 5.91 Å². The normalized spacial score (nSPS) is 20.1. The molecule has 1 unspecified atom stereocenters. The molecule has 8 nitrogen and oxygen atoms in total. The van der Waals surface area contributed by atoms with E-state index in [1.807, 2.05) is 0 Å². The summed E-state index contributed by atoms with van der Waals surface area (Å²) in [7, 11) is 0. The summed E-state index contributed by atoms with van der Waals surface area (Å²) >= 11 is 6.21. The maximum absolute atomic E-state index is 13.7. The minimum Gasteiger partial charge on any atom is -0.490 e. The first-order valence-corrected chi connectivity index (χ1v) is 10.1. The lowest BCUT2D eigenvalue weighted by Gasteiger charge is -2.22. The van der Waals surface area contributed by atoms with Crippen LogP contribution >= 0.6 is 11.6 Å². The summed E-state index contributed by atoms with van der Waals surface area (Å²) in [5.74, 6) is -2.87. The standard InChI is InChI=1S/C21H18ClF2N3O5/c1-21(11-3-4-13(23)14(24)7-11)19(29)27(20(30)26-21)10-18(28)25-15-9-17-16(8-12(15)22)31-5-2-6-32-17/h3-4,7-9H,2,5-6,10H2,1H3,(H,25,28)(H,26,30). The number of fused-ring (bicyclic) bond motifs is 1. The monoisotopic (exact) mass is 465 g/mol. The van der Waals surface area contributed by atoms with Crippen LogP contribution in [-0.2, 0) is 15.1 Å². The van der Waals surface area contributed by atoms with Crippen molar-refractivity contribution < 1.29 is 32.6 Å². The first-order chi connectivity index (χ1) is 15.2. The van der Waals surface area contributed by atoms with E-state index in [4.69, 9.17) is 21.1 Å². The summed E-state index contributed by atoms with van der Waals surface area (Å²) in [5.41, 5.74) is -1.39. The molecule has 2 heterocycles. The minimum atomic E-state index is -1.65. The maximum Gasteiger partial charge on any atom is 0.325 e. The van der Waals surface area contributed by atoms with E-state index in [2.05, 4.69) is 10.6 Å². The lowest BCUT2D eigenvalue weighted by molar-refractivity contribution is -0.133. The van der Waals surface area contributed by atoms with Gasteiger partial charge in [0.05, 0.1) is 23.9 Å². The van der Waals surface area contributed by atoms with Crippen molar-refractivity contribution in [2.45, 2.75) is 18.9 Å². The first-order valence-electron chi connectivity index (χ1n) is 9.67. The van der Waals surface area contributed by atoms with Gasteiger partial charge >= 0.3 is 6.03 Å². The number of nitrogens with one attached hydrogen (secondary N) is 2. The van der Waals surface area contributed by atoms with Crippen LogP contribution in [0.2, 0.25) is 5.02 Å². The van der Waals surface area contributed by atoms with Gasteiger partial charge in [-0.1, -0.05) is 17.7 Å². The molecule has 168 valence electrons. The smallest absolute Gasteiger partial charge is 0.325 e. The fourth-order valence-corrected chi connectivity index (χ4v) is 3.66. The van der Waals surface area contributed by atoms with Gasteiger partial charge in [-0.3, -0.25) is 14.5 Å². The fourth-order valence-electron chi connectivity index (χ4n) is 3.46. The van der Waals surface area contributed by atoms with Gasteiger partial charge in [0, 0.05) is 18.6 Å². The number of amides is 4. The molecule has 2 N–H and O–H groups in total. The summed E-state index contributed by atoms with van der Waals surface area (Å²) in [4.78, 5) is 38.6. The van der Waals surface area contributed by atoms with Gasteiger partial charge < -0.3 is 20.1 Å². The Morgan fingerprint density at radius 3 is 2.53 bits per heavy atom. The quantitative estimate of drug-likeness (QED) is 0.676. The Morgan fingerprint density at radius 2 is 1.84 bits per heavy atom. The van der Waals surface area contributed by atoms with Crippen LogP contribution in [0.4, 0.5) is 19.3 Å². The highest BCUT2D eigenvalue weighted by Crippen LogP contribution is 2.38. The van der Waals surface area contributed by atoms with Gasteiger partial charge in [0.15, 0.2) is 23.1 Å². The number of carbonyl (C=O) groups is 3. The molecule has 0 saturated carbocycles. The molecule has 1 saturated heterocycles. The molecule has 2 aromatic carbocycles. The van der Waals surface area contributed by atoms with Gasteiger partial charge in [-0.2, -0.15) is 0 Å². The van der Waals surface area contributed by atoms with E-state index in [1.54, 1.807) is 0 Å². The van der Waals surface area contributed by atoms with Gasteiger partial charge in [0.2, 0.25) is 5.91 Å². The summed E-state index contributed by atoms with van der Waals surface area (Å²) < 4.78 is 38.0. The van der Waals surface area contributed by atoms with Crippen molar-refractivity contribution in [3.8, 4) is 11.5 Å². The van der Waals surface area contributed by atoms with Gasteiger partial charge in [0.1, 0.15) is 12.1 Å². The zero-order valence-corrected chi connectivity index (χ0v) is 17.6. The molecule has 1 fully saturated rings. The molecule has 4 rings (SSSR count). The summed E-state index contributed by atoms with van der Waals surface area (Å²) in [6.07, 6.45) is 0.691. The summed E-state index contributed by atoms with van der Waals surface area (Å²) in [5, 5.41) is 5.16. The fraction of sp³-hybridized carbons (Fsp3) is 0.286. The van der Waals surface area contributed by atoms with Crippen LogP contribution in [0.5, 0.6) is 11.5 Å². The Hall–Kier alpha value is -3.40. The number of rotatable bonds is 4. The molecule has 2 aliphatic heterocycles. The van der Waals surface area contributed by atoms with Crippen molar-refractivity contribution in [2.75, 3.05) is 25.1 Å². The highest BCUT2D eigenvalue weighted by molar-refractivity contribution is 6.34. The van der Waals surface area contributed by atoms with Crippen molar-refractivity contribution in [2.24, 2.45) is 0 Å². The number of ether oxygens (including phenoxy) is 2. The Morgan fingerprint density at radius 1 is 1.16 bits per heavy atom. The third kappa shape index (κ3) is 3.93. The van der Waals surface area contributed by atoms with Crippen LogP contribution in [0.25, 0.3) is 0 Å². The first kappa shape index (κ1) is 21.8. The Labute approximate surface area is 186 Å². The SMILES string of the molecule is CC1(c2ccc(F)c(F)c2)NC(=O)N(CC(=O)Nc2cc3c(cc2Cl)OCCCO3)C1=O. The van der Waals surface area contributed by atoms with Crippen LogP contribution in [0.1, 0.15) is 18.9 Å². The molecule has 0 radical (unpaired) electrons. The van der Waals surface area contributed by atoms with Crippen LogP contribution in [0, 0.1) is 11.6 Å². The molecular formula is C21H18ClF2N3O5. The Bertz CT molecular complexity index is 1130. The second kappa shape index (κ2) is 8.27. The van der Waals surface area contributed by atoms with Crippen molar-refractivity contribution in [3.63, 3.8) is 0 Å². The largest absolute Gasteiger partial charge is 0.490 e. The number of benzene rings is 2. The Kier molecular flexibility index (Phi) is 5.64. The number of carbonyl (C=O) groups excluding carboxylic acids is 3. The van der Waals surface area contributed by atoms with Crippen molar-refractivity contribution in [1.29, 1.82) is 0 Å². The van der Waals surface area contributed by atoms with Crippen LogP contribution in [0.15, 0.2) is 30.3 Å². The van der Waals surface area contributed by atoms with Gasteiger partial charge in [-0.15, -0.1) is 0 Å². The van der Waals surface area contributed by atoms with E-state index in [-0.39, 0.29) is 16.3 Å². The number of hydrogen-bond donors (Lipinski definition) is 2. The third-order valence-corrected chi connectivity index (χ3v) is 5.50. The van der Waals surface area contributed by atoms with Crippen LogP contribution < -0.4 is 20.1 Å². The molecule has 4 amide bonds. The van der Waals surface area contributed by atoms with E-state index in [1.165, 1.54) is 25.1 Å². The zero-order valence-electron chi connectivity index (χ0n) is 16.8. The number of anilines is 1. The van der Waals surface area contributed by atoms with Crippen molar-refractivity contribution in [3.05, 3.63) is 52.6 Å². The molecule has 0 aromatic heterocycles. The van der Waals surface area contributed by atoms with Crippen LogP contribution in [-0.4, -0.2) is 42.5 Å². The summed E-state index contributed by atoms with van der Waals surface area (Å²) in [6.45, 7) is 1.64. The molecule has 32 heavy (non-hydrogen) atoms. The second-order valence-corrected chi connectivity index (χ2v) is 7.86. The summed E-state index contributed by atoms with van der Waals surface area (Å²) in [6, 6.07) is 5.04. The number of hydrogen-bond acceptors (Lipinski definition) is 5. The van der Waals surface area contributed by atoms with E-state index >= 15 is 0 Å². The maximum atomic E-state index is 13.7.